The molecule has 104 valence electrons. The number of aliphatic hydroxyl groups excluding tert-OH is 2. The van der Waals surface area contributed by atoms with Gasteiger partial charge in [0, 0.05) is 0 Å². The molecule has 3 aromatic carbocycles. The Kier molecular flexibility index (Phi) is 2.64. The lowest BCUT2D eigenvalue weighted by Gasteiger charge is -2.24. The second-order valence-electron chi connectivity index (χ2n) is 5.70. The molecule has 0 saturated heterocycles. The summed E-state index contributed by atoms with van der Waals surface area (Å²) in [5.41, 5.74) is 2.95. The number of rotatable bonds is 0. The van der Waals surface area contributed by atoms with Crippen molar-refractivity contribution in [3.63, 3.8) is 0 Å². The molecule has 2 N–H and O–H groups in total. The molecule has 0 aliphatic heterocycles. The molecule has 0 amide bonds. The molecule has 1 aliphatic rings. The third-order valence-corrected chi connectivity index (χ3v) is 4.40. The smallest absolute Gasteiger partial charge is 0.109 e. The summed E-state index contributed by atoms with van der Waals surface area (Å²) >= 11 is 0. The standard InChI is InChI=1S/C19H16O2/c1-11-10-16-14(8-9-17(20)19(16)21)15-7-6-12-4-2-3-5-13(12)18(11)15/h2-10,17,19-21H,1H3/t17-,19-/m0/s1. The Hall–Kier alpha value is -2.16. The van der Waals surface area contributed by atoms with Gasteiger partial charge in [-0.1, -0.05) is 54.6 Å². The summed E-state index contributed by atoms with van der Waals surface area (Å²) in [6, 6.07) is 14.6. The molecule has 0 saturated carbocycles. The first-order valence-corrected chi connectivity index (χ1v) is 7.16. The molecule has 2 atom stereocenters. The Morgan fingerprint density at radius 2 is 1.76 bits per heavy atom. The molecule has 21 heavy (non-hydrogen) atoms. The molecule has 2 heteroatoms. The second kappa shape index (κ2) is 4.42. The van der Waals surface area contributed by atoms with Gasteiger partial charge in [0.2, 0.25) is 0 Å². The Labute approximate surface area is 123 Å². The summed E-state index contributed by atoms with van der Waals surface area (Å²) in [5, 5.41) is 24.8. The maximum Gasteiger partial charge on any atom is 0.109 e. The number of fused-ring (bicyclic) bond motifs is 5. The maximum atomic E-state index is 10.2. The highest BCUT2D eigenvalue weighted by molar-refractivity contribution is 6.12. The van der Waals surface area contributed by atoms with Gasteiger partial charge in [0.25, 0.3) is 0 Å². The highest BCUT2D eigenvalue weighted by Crippen LogP contribution is 2.38. The van der Waals surface area contributed by atoms with Gasteiger partial charge in [0.1, 0.15) is 12.2 Å². The summed E-state index contributed by atoms with van der Waals surface area (Å²) in [5.74, 6) is 0. The van der Waals surface area contributed by atoms with Crippen LogP contribution in [0.3, 0.4) is 0 Å². The average molecular weight is 276 g/mol. The van der Waals surface area contributed by atoms with E-state index in [9.17, 15) is 10.2 Å². The lowest BCUT2D eigenvalue weighted by Crippen LogP contribution is -2.19. The normalized spacial score (nSPS) is 20.9. The third kappa shape index (κ3) is 1.73. The Morgan fingerprint density at radius 3 is 2.62 bits per heavy atom. The van der Waals surface area contributed by atoms with Gasteiger partial charge >= 0.3 is 0 Å². The summed E-state index contributed by atoms with van der Waals surface area (Å²) in [7, 11) is 0. The van der Waals surface area contributed by atoms with E-state index in [0.717, 1.165) is 22.1 Å². The molecule has 4 rings (SSSR count). The van der Waals surface area contributed by atoms with Crippen LogP contribution in [-0.2, 0) is 0 Å². The monoisotopic (exact) mass is 276 g/mol. The lowest BCUT2D eigenvalue weighted by atomic mass is 9.85. The average Bonchev–Trinajstić information content (AvgIpc) is 2.51. The van der Waals surface area contributed by atoms with Crippen molar-refractivity contribution in [2.45, 2.75) is 19.1 Å². The molecule has 0 spiro atoms. The molecule has 3 aromatic rings. The Bertz CT molecular complexity index is 893. The predicted octanol–water partition coefficient (Wildman–Crippen LogP) is 3.72. The van der Waals surface area contributed by atoms with Crippen LogP contribution in [0, 0.1) is 6.92 Å². The van der Waals surface area contributed by atoms with Gasteiger partial charge in [-0.2, -0.15) is 0 Å². The zero-order valence-electron chi connectivity index (χ0n) is 11.7. The van der Waals surface area contributed by atoms with Crippen LogP contribution in [0.4, 0.5) is 0 Å². The van der Waals surface area contributed by atoms with Gasteiger partial charge in [-0.25, -0.2) is 0 Å². The quantitative estimate of drug-likeness (QED) is 0.614. The van der Waals surface area contributed by atoms with Gasteiger partial charge in [-0.15, -0.1) is 0 Å². The molecule has 0 radical (unpaired) electrons. The van der Waals surface area contributed by atoms with Crippen LogP contribution in [0.1, 0.15) is 22.8 Å². The van der Waals surface area contributed by atoms with Gasteiger partial charge in [-0.3, -0.25) is 0 Å². The first kappa shape index (κ1) is 12.6. The van der Waals surface area contributed by atoms with Crippen molar-refractivity contribution in [3.8, 4) is 0 Å². The largest absolute Gasteiger partial charge is 0.386 e. The summed E-state index contributed by atoms with van der Waals surface area (Å²) in [4.78, 5) is 0. The van der Waals surface area contributed by atoms with E-state index >= 15 is 0 Å². The molecule has 0 bridgehead atoms. The number of aryl methyl sites for hydroxylation is 1. The molecule has 0 aromatic heterocycles. The van der Waals surface area contributed by atoms with Gasteiger partial charge < -0.3 is 10.2 Å². The van der Waals surface area contributed by atoms with Crippen LogP contribution < -0.4 is 0 Å². The topological polar surface area (TPSA) is 40.5 Å². The zero-order chi connectivity index (χ0) is 14.6. The van der Waals surface area contributed by atoms with Gasteiger partial charge in [-0.05, 0) is 45.2 Å². The molecule has 0 fully saturated rings. The molecule has 0 heterocycles. The van der Waals surface area contributed by atoms with Crippen LogP contribution >= 0.6 is 0 Å². The Balaban J connectivity index is 2.18. The van der Waals surface area contributed by atoms with Crippen molar-refractivity contribution in [1.29, 1.82) is 0 Å². The molecule has 2 nitrogen and oxygen atoms in total. The minimum Gasteiger partial charge on any atom is -0.386 e. The highest BCUT2D eigenvalue weighted by atomic mass is 16.3. The molecular formula is C19H16O2. The summed E-state index contributed by atoms with van der Waals surface area (Å²) in [6.45, 7) is 2.06. The predicted molar refractivity (Wildman–Crippen MR) is 86.2 cm³/mol. The van der Waals surface area contributed by atoms with E-state index in [-0.39, 0.29) is 0 Å². The summed E-state index contributed by atoms with van der Waals surface area (Å²) < 4.78 is 0. The van der Waals surface area contributed by atoms with E-state index in [2.05, 4.69) is 37.3 Å². The van der Waals surface area contributed by atoms with E-state index in [1.165, 1.54) is 16.2 Å². The number of aliphatic hydroxyl groups is 2. The van der Waals surface area contributed by atoms with E-state index in [0.29, 0.717) is 0 Å². The van der Waals surface area contributed by atoms with Crippen molar-refractivity contribution in [1.82, 2.24) is 0 Å². The first-order valence-electron chi connectivity index (χ1n) is 7.16. The summed E-state index contributed by atoms with van der Waals surface area (Å²) in [6.07, 6.45) is 1.91. The lowest BCUT2D eigenvalue weighted by molar-refractivity contribution is 0.0471. The van der Waals surface area contributed by atoms with Crippen LogP contribution in [0.15, 0.2) is 48.5 Å². The van der Waals surface area contributed by atoms with Crippen molar-refractivity contribution < 1.29 is 10.2 Å². The van der Waals surface area contributed by atoms with Crippen molar-refractivity contribution in [3.05, 3.63) is 65.2 Å². The molecule has 1 aliphatic carbocycles. The fraction of sp³-hybridized carbons (Fsp3) is 0.158. The molecular weight excluding hydrogens is 260 g/mol. The SMILES string of the molecule is Cc1cc2c(c3ccc4ccccc4c13)C=C[C@H](O)[C@H]2O. The fourth-order valence-corrected chi connectivity index (χ4v) is 3.37. The zero-order valence-corrected chi connectivity index (χ0v) is 11.7. The molecule has 0 unspecified atom stereocenters. The first-order chi connectivity index (χ1) is 10.2. The van der Waals surface area contributed by atoms with E-state index < -0.39 is 12.2 Å². The second-order valence-corrected chi connectivity index (χ2v) is 5.70. The van der Waals surface area contributed by atoms with Crippen LogP contribution in [0.2, 0.25) is 0 Å². The number of hydrogen-bond donors (Lipinski definition) is 2. The van der Waals surface area contributed by atoms with E-state index in [4.69, 9.17) is 0 Å². The van der Waals surface area contributed by atoms with Crippen LogP contribution in [0.25, 0.3) is 27.6 Å². The number of hydrogen-bond acceptors (Lipinski definition) is 2. The minimum absolute atomic E-state index is 0.810. The maximum absolute atomic E-state index is 10.2. The van der Waals surface area contributed by atoms with E-state index in [1.54, 1.807) is 6.08 Å². The number of benzene rings is 3. The fourth-order valence-electron chi connectivity index (χ4n) is 3.37. The Morgan fingerprint density at radius 1 is 0.952 bits per heavy atom. The van der Waals surface area contributed by atoms with Gasteiger partial charge in [0.05, 0.1) is 0 Å². The van der Waals surface area contributed by atoms with Crippen LogP contribution in [-0.4, -0.2) is 16.3 Å². The van der Waals surface area contributed by atoms with Crippen molar-refractivity contribution in [2.24, 2.45) is 0 Å². The minimum atomic E-state index is -0.848. The van der Waals surface area contributed by atoms with E-state index in [1.807, 2.05) is 18.2 Å². The highest BCUT2D eigenvalue weighted by Gasteiger charge is 2.24. The van der Waals surface area contributed by atoms with Gasteiger partial charge in [0.15, 0.2) is 0 Å². The third-order valence-electron chi connectivity index (χ3n) is 4.40. The van der Waals surface area contributed by atoms with Crippen molar-refractivity contribution in [2.75, 3.05) is 0 Å². The van der Waals surface area contributed by atoms with Crippen LogP contribution in [0.5, 0.6) is 0 Å². The van der Waals surface area contributed by atoms with Crippen molar-refractivity contribution >= 4 is 27.6 Å².